The van der Waals surface area contributed by atoms with E-state index in [1.807, 2.05) is 48.5 Å². The van der Waals surface area contributed by atoms with Crippen molar-refractivity contribution in [3.63, 3.8) is 0 Å². The Morgan fingerprint density at radius 1 is 0.875 bits per heavy atom. The predicted molar refractivity (Wildman–Crippen MR) is 96.7 cm³/mol. The van der Waals surface area contributed by atoms with E-state index in [9.17, 15) is 0 Å². The molecule has 0 atom stereocenters. The Balaban J connectivity index is 1.73. The first kappa shape index (κ1) is 15.7. The Bertz CT molecular complexity index is 800. The van der Waals surface area contributed by atoms with E-state index in [-0.39, 0.29) is 0 Å². The van der Waals surface area contributed by atoms with Gasteiger partial charge in [-0.05, 0) is 11.1 Å². The van der Waals surface area contributed by atoms with Crippen molar-refractivity contribution in [2.24, 2.45) is 10.7 Å². The number of hydrogen-bond donors (Lipinski definition) is 2. The summed E-state index contributed by atoms with van der Waals surface area (Å²) >= 11 is 0. The second kappa shape index (κ2) is 7.87. The summed E-state index contributed by atoms with van der Waals surface area (Å²) in [7, 11) is 0. The van der Waals surface area contributed by atoms with Crippen molar-refractivity contribution in [2.75, 3.05) is 5.32 Å². The summed E-state index contributed by atoms with van der Waals surface area (Å²) < 4.78 is 0. The molecule has 3 aromatic rings. The Morgan fingerprint density at radius 3 is 2.21 bits per heavy atom. The molecular weight excluding hydrogens is 298 g/mol. The minimum atomic E-state index is 0.377. The van der Waals surface area contributed by atoms with Crippen molar-refractivity contribution < 1.29 is 0 Å². The maximum atomic E-state index is 6.12. The molecule has 0 radical (unpaired) electrons. The number of nitrogens with zero attached hydrogens (tertiary/aromatic N) is 3. The Morgan fingerprint density at radius 2 is 1.50 bits per heavy atom. The number of aliphatic imine (C=N–C) groups is 1. The normalized spacial score (nSPS) is 11.2. The van der Waals surface area contributed by atoms with Gasteiger partial charge in [-0.25, -0.2) is 9.97 Å². The maximum Gasteiger partial charge on any atom is 0.156 e. The standard InChI is InChI=1S/C19H19N5/c20-18(23-13-15-7-3-1-4-8-15)17-19(22-12-11-21-17)24-14-16-9-5-2-6-10-16/h1-12H,13-14H2,(H2,20,23)(H,22,24). The van der Waals surface area contributed by atoms with E-state index in [1.54, 1.807) is 12.4 Å². The van der Waals surface area contributed by atoms with Gasteiger partial charge in [0.1, 0.15) is 11.5 Å². The minimum absolute atomic E-state index is 0.377. The molecule has 120 valence electrons. The Kier molecular flexibility index (Phi) is 5.14. The van der Waals surface area contributed by atoms with Gasteiger partial charge in [0.15, 0.2) is 5.82 Å². The van der Waals surface area contributed by atoms with E-state index < -0.39 is 0 Å². The van der Waals surface area contributed by atoms with Crippen molar-refractivity contribution in [1.82, 2.24) is 9.97 Å². The highest BCUT2D eigenvalue weighted by Gasteiger charge is 2.09. The summed E-state index contributed by atoms with van der Waals surface area (Å²) in [6.07, 6.45) is 3.26. The zero-order valence-corrected chi connectivity index (χ0v) is 13.3. The second-order valence-corrected chi connectivity index (χ2v) is 5.28. The summed E-state index contributed by atoms with van der Waals surface area (Å²) in [4.78, 5) is 13.1. The zero-order valence-electron chi connectivity index (χ0n) is 13.3. The average Bonchev–Trinajstić information content (AvgIpc) is 2.66. The second-order valence-electron chi connectivity index (χ2n) is 5.28. The largest absolute Gasteiger partial charge is 0.382 e. The SMILES string of the molecule is NC(=NCc1ccccc1)c1nccnc1NCc1ccccc1. The molecule has 0 unspecified atom stereocenters. The van der Waals surface area contributed by atoms with Gasteiger partial charge in [0.2, 0.25) is 0 Å². The van der Waals surface area contributed by atoms with Crippen molar-refractivity contribution >= 4 is 11.7 Å². The monoisotopic (exact) mass is 317 g/mol. The van der Waals surface area contributed by atoms with Crippen LogP contribution in [0.2, 0.25) is 0 Å². The quantitative estimate of drug-likeness (QED) is 0.541. The number of hydrogen-bond acceptors (Lipinski definition) is 4. The van der Waals surface area contributed by atoms with Crippen LogP contribution in [-0.2, 0) is 13.1 Å². The van der Waals surface area contributed by atoms with Gasteiger partial charge in [0.05, 0.1) is 6.54 Å². The molecule has 1 aromatic heterocycles. The molecule has 24 heavy (non-hydrogen) atoms. The van der Waals surface area contributed by atoms with Crippen LogP contribution in [0, 0.1) is 0 Å². The van der Waals surface area contributed by atoms with Crippen LogP contribution in [-0.4, -0.2) is 15.8 Å². The lowest BCUT2D eigenvalue weighted by atomic mass is 10.2. The number of benzene rings is 2. The van der Waals surface area contributed by atoms with Gasteiger partial charge < -0.3 is 11.1 Å². The van der Waals surface area contributed by atoms with Crippen LogP contribution in [0.1, 0.15) is 16.8 Å². The molecule has 0 spiro atoms. The number of amidine groups is 1. The summed E-state index contributed by atoms with van der Waals surface area (Å²) in [6, 6.07) is 20.1. The molecule has 0 aliphatic carbocycles. The average molecular weight is 317 g/mol. The van der Waals surface area contributed by atoms with Crippen LogP contribution >= 0.6 is 0 Å². The molecule has 2 aromatic carbocycles. The topological polar surface area (TPSA) is 76.2 Å². The highest BCUT2D eigenvalue weighted by molar-refractivity contribution is 5.99. The number of nitrogens with two attached hydrogens (primary N) is 1. The van der Waals surface area contributed by atoms with Gasteiger partial charge in [0.25, 0.3) is 0 Å². The van der Waals surface area contributed by atoms with E-state index in [1.165, 1.54) is 0 Å². The molecule has 3 N–H and O–H groups in total. The van der Waals surface area contributed by atoms with E-state index in [0.717, 1.165) is 11.1 Å². The van der Waals surface area contributed by atoms with Crippen molar-refractivity contribution in [3.8, 4) is 0 Å². The molecule has 0 aliphatic heterocycles. The van der Waals surface area contributed by atoms with E-state index in [4.69, 9.17) is 5.73 Å². The number of rotatable bonds is 6. The van der Waals surface area contributed by atoms with Crippen molar-refractivity contribution in [1.29, 1.82) is 0 Å². The fraction of sp³-hybridized carbons (Fsp3) is 0.105. The third-order valence-corrected chi connectivity index (χ3v) is 3.52. The molecule has 0 saturated heterocycles. The summed E-state index contributed by atoms with van der Waals surface area (Å²) in [5.41, 5.74) is 8.95. The van der Waals surface area contributed by atoms with Gasteiger partial charge in [-0.15, -0.1) is 0 Å². The third-order valence-electron chi connectivity index (χ3n) is 3.52. The summed E-state index contributed by atoms with van der Waals surface area (Å²) in [5, 5.41) is 3.27. The molecule has 0 aliphatic rings. The first-order chi connectivity index (χ1) is 11.8. The maximum absolute atomic E-state index is 6.12. The van der Waals surface area contributed by atoms with Crippen molar-refractivity contribution in [2.45, 2.75) is 13.1 Å². The van der Waals surface area contributed by atoms with Crippen molar-refractivity contribution in [3.05, 3.63) is 89.9 Å². The highest BCUT2D eigenvalue weighted by Crippen LogP contribution is 2.11. The molecular formula is C19H19N5. The van der Waals surface area contributed by atoms with Gasteiger partial charge in [-0.2, -0.15) is 0 Å². The lowest BCUT2D eigenvalue weighted by molar-refractivity contribution is 1.04. The predicted octanol–water partition coefficient (Wildman–Crippen LogP) is 2.99. The summed E-state index contributed by atoms with van der Waals surface area (Å²) in [5.74, 6) is 1.01. The third kappa shape index (κ3) is 4.16. The van der Waals surface area contributed by atoms with Gasteiger partial charge in [-0.3, -0.25) is 4.99 Å². The fourth-order valence-electron chi connectivity index (χ4n) is 2.27. The smallest absolute Gasteiger partial charge is 0.156 e. The number of anilines is 1. The minimum Gasteiger partial charge on any atom is -0.382 e. The lowest BCUT2D eigenvalue weighted by Gasteiger charge is -2.09. The Labute approximate surface area is 141 Å². The van der Waals surface area contributed by atoms with Crippen LogP contribution in [0.3, 0.4) is 0 Å². The first-order valence-corrected chi connectivity index (χ1v) is 7.76. The van der Waals surface area contributed by atoms with Gasteiger partial charge >= 0.3 is 0 Å². The molecule has 0 fully saturated rings. The first-order valence-electron chi connectivity index (χ1n) is 7.76. The van der Waals surface area contributed by atoms with Crippen LogP contribution in [0.4, 0.5) is 5.82 Å². The summed E-state index contributed by atoms with van der Waals surface area (Å²) in [6.45, 7) is 1.17. The van der Waals surface area contributed by atoms with Crippen LogP contribution in [0.25, 0.3) is 0 Å². The number of aromatic nitrogens is 2. The Hall–Kier alpha value is -3.21. The molecule has 3 rings (SSSR count). The fourth-order valence-corrected chi connectivity index (χ4v) is 2.27. The van der Waals surface area contributed by atoms with Crippen LogP contribution in [0.15, 0.2) is 78.0 Å². The van der Waals surface area contributed by atoms with E-state index in [2.05, 4.69) is 32.4 Å². The van der Waals surface area contributed by atoms with Gasteiger partial charge in [0, 0.05) is 18.9 Å². The van der Waals surface area contributed by atoms with E-state index in [0.29, 0.717) is 30.4 Å². The highest BCUT2D eigenvalue weighted by atomic mass is 15.0. The zero-order chi connectivity index (χ0) is 16.6. The van der Waals surface area contributed by atoms with Crippen LogP contribution in [0.5, 0.6) is 0 Å². The van der Waals surface area contributed by atoms with Gasteiger partial charge in [-0.1, -0.05) is 60.7 Å². The molecule has 1 heterocycles. The van der Waals surface area contributed by atoms with E-state index >= 15 is 0 Å². The molecule has 5 heteroatoms. The molecule has 0 amide bonds. The lowest BCUT2D eigenvalue weighted by Crippen LogP contribution is -2.19. The molecule has 0 bridgehead atoms. The molecule has 5 nitrogen and oxygen atoms in total. The van der Waals surface area contributed by atoms with Crippen LogP contribution < -0.4 is 11.1 Å². The molecule has 0 saturated carbocycles. The number of nitrogens with one attached hydrogen (secondary N) is 1.